The van der Waals surface area contributed by atoms with Crippen LogP contribution in [0.2, 0.25) is 0 Å². The van der Waals surface area contributed by atoms with Gasteiger partial charge in [0.05, 0.1) is 31.3 Å². The third-order valence-corrected chi connectivity index (χ3v) is 5.23. The first-order chi connectivity index (χ1) is 17.4. The zero-order valence-electron chi connectivity index (χ0n) is 22.0. The summed E-state index contributed by atoms with van der Waals surface area (Å²) in [7, 11) is 0. The van der Waals surface area contributed by atoms with Gasteiger partial charge < -0.3 is 35.1 Å². The minimum Gasteiger partial charge on any atom is -0.434 e. The van der Waals surface area contributed by atoms with Crippen molar-refractivity contribution in [3.8, 4) is 0 Å². The van der Waals surface area contributed by atoms with Crippen molar-refractivity contribution < 1.29 is 38.9 Å². The monoisotopic (exact) mass is 520 g/mol. The Labute approximate surface area is 218 Å². The SMILES string of the molecule is C[C@H](NC(=O)[C@H](C=O)C[C@@H](O)[C@H](O)/C=C/C(C)(C)C)C(=O)NCCOC(=O)OCCCc1ccccc1. The number of hydrogen-bond acceptors (Lipinski definition) is 8. The summed E-state index contributed by atoms with van der Waals surface area (Å²) < 4.78 is 9.88. The zero-order valence-corrected chi connectivity index (χ0v) is 22.0. The molecule has 0 unspecified atom stereocenters. The highest BCUT2D eigenvalue weighted by atomic mass is 16.7. The van der Waals surface area contributed by atoms with Gasteiger partial charge in [0.1, 0.15) is 18.9 Å². The van der Waals surface area contributed by atoms with E-state index in [2.05, 4.69) is 10.6 Å². The smallest absolute Gasteiger partial charge is 0.434 e. The van der Waals surface area contributed by atoms with Crippen LogP contribution < -0.4 is 10.6 Å². The fourth-order valence-electron chi connectivity index (χ4n) is 3.11. The van der Waals surface area contributed by atoms with E-state index in [9.17, 15) is 29.4 Å². The Morgan fingerprint density at radius 2 is 1.68 bits per heavy atom. The van der Waals surface area contributed by atoms with E-state index in [-0.39, 0.29) is 31.6 Å². The van der Waals surface area contributed by atoms with Gasteiger partial charge in [-0.05, 0) is 37.2 Å². The van der Waals surface area contributed by atoms with E-state index in [0.29, 0.717) is 12.7 Å². The Morgan fingerprint density at radius 1 is 1.03 bits per heavy atom. The second kappa shape index (κ2) is 16.5. The third kappa shape index (κ3) is 14.2. The molecule has 0 aromatic heterocycles. The molecule has 0 radical (unpaired) electrons. The maximum absolute atomic E-state index is 12.4. The molecule has 206 valence electrons. The molecule has 1 aromatic rings. The lowest BCUT2D eigenvalue weighted by Gasteiger charge is -2.21. The summed E-state index contributed by atoms with van der Waals surface area (Å²) in [4.78, 5) is 47.6. The summed E-state index contributed by atoms with van der Waals surface area (Å²) in [6, 6.07) is 8.81. The number of aliphatic hydroxyl groups excluding tert-OH is 2. The van der Waals surface area contributed by atoms with Gasteiger partial charge in [-0.3, -0.25) is 9.59 Å². The summed E-state index contributed by atoms with van der Waals surface area (Å²) in [5.41, 5.74) is 0.934. The Bertz CT molecular complexity index is 882. The number of ether oxygens (including phenoxy) is 2. The maximum atomic E-state index is 12.4. The summed E-state index contributed by atoms with van der Waals surface area (Å²) in [5, 5.41) is 25.1. The van der Waals surface area contributed by atoms with Crippen molar-refractivity contribution in [3.63, 3.8) is 0 Å². The topological polar surface area (TPSA) is 151 Å². The minimum absolute atomic E-state index is 0.000284. The van der Waals surface area contributed by atoms with E-state index < -0.39 is 42.1 Å². The number of amides is 2. The number of allylic oxidation sites excluding steroid dienone is 1. The molecule has 1 aromatic carbocycles. The Kier molecular flexibility index (Phi) is 14.2. The lowest BCUT2D eigenvalue weighted by Crippen LogP contribution is -2.48. The second-order valence-electron chi connectivity index (χ2n) is 9.82. The molecule has 37 heavy (non-hydrogen) atoms. The molecule has 4 N–H and O–H groups in total. The van der Waals surface area contributed by atoms with Gasteiger partial charge in [0.25, 0.3) is 0 Å². The van der Waals surface area contributed by atoms with Crippen LogP contribution in [0.4, 0.5) is 4.79 Å². The summed E-state index contributed by atoms with van der Waals surface area (Å²) >= 11 is 0. The van der Waals surface area contributed by atoms with Crippen LogP contribution in [0.1, 0.15) is 46.1 Å². The van der Waals surface area contributed by atoms with E-state index in [0.717, 1.165) is 12.0 Å². The fraction of sp³-hybridized carbons (Fsp3) is 0.556. The van der Waals surface area contributed by atoms with Gasteiger partial charge >= 0.3 is 6.16 Å². The molecule has 0 aliphatic heterocycles. The first-order valence-corrected chi connectivity index (χ1v) is 12.3. The number of nitrogens with one attached hydrogen (secondary N) is 2. The standard InChI is InChI=1S/C27H40N2O8/c1-19(29-25(34)21(18-30)17-23(32)22(31)12-13-27(2,3)4)24(33)28-14-16-37-26(35)36-15-8-11-20-9-6-5-7-10-20/h5-7,9-10,12-13,18-19,21-23,31-32H,8,11,14-17H2,1-4H3,(H,28,33)(H,29,34)/b13-12+/t19-,21-,22+,23+/m0/s1. The molecule has 0 bridgehead atoms. The van der Waals surface area contributed by atoms with E-state index in [1.807, 2.05) is 51.1 Å². The van der Waals surface area contributed by atoms with Crippen molar-refractivity contribution in [2.75, 3.05) is 19.8 Å². The third-order valence-electron chi connectivity index (χ3n) is 5.23. The van der Waals surface area contributed by atoms with Crippen LogP contribution in [0.25, 0.3) is 0 Å². The minimum atomic E-state index is -1.33. The van der Waals surface area contributed by atoms with Crippen LogP contribution in [0, 0.1) is 11.3 Å². The quantitative estimate of drug-likeness (QED) is 0.0900. The average Bonchev–Trinajstić information content (AvgIpc) is 2.85. The number of benzene rings is 1. The number of aldehydes is 1. The number of aliphatic hydroxyl groups is 2. The number of carbonyl (C=O) groups excluding carboxylic acids is 4. The van der Waals surface area contributed by atoms with Gasteiger partial charge in [-0.25, -0.2) is 4.79 Å². The number of aryl methyl sites for hydroxylation is 1. The van der Waals surface area contributed by atoms with E-state index in [1.165, 1.54) is 13.0 Å². The van der Waals surface area contributed by atoms with Gasteiger partial charge in [0, 0.05) is 0 Å². The van der Waals surface area contributed by atoms with Crippen LogP contribution in [0.3, 0.4) is 0 Å². The highest BCUT2D eigenvalue weighted by Gasteiger charge is 2.27. The maximum Gasteiger partial charge on any atom is 0.508 e. The lowest BCUT2D eigenvalue weighted by molar-refractivity contribution is -0.134. The van der Waals surface area contributed by atoms with Crippen molar-refractivity contribution >= 4 is 24.3 Å². The molecule has 0 spiro atoms. The van der Waals surface area contributed by atoms with Gasteiger partial charge in [-0.2, -0.15) is 0 Å². The molecular formula is C27H40N2O8. The van der Waals surface area contributed by atoms with Crippen LogP contribution in [-0.4, -0.2) is 72.5 Å². The van der Waals surface area contributed by atoms with Crippen LogP contribution in [0.15, 0.2) is 42.5 Å². The van der Waals surface area contributed by atoms with E-state index in [1.54, 1.807) is 6.08 Å². The fourth-order valence-corrected chi connectivity index (χ4v) is 3.11. The number of rotatable bonds is 15. The molecular weight excluding hydrogens is 480 g/mol. The van der Waals surface area contributed by atoms with Gasteiger partial charge in [-0.1, -0.05) is 63.3 Å². The predicted molar refractivity (Wildman–Crippen MR) is 137 cm³/mol. The molecule has 4 atom stereocenters. The second-order valence-corrected chi connectivity index (χ2v) is 9.82. The Hall–Kier alpha value is -3.24. The first-order valence-electron chi connectivity index (χ1n) is 12.3. The lowest BCUT2D eigenvalue weighted by atomic mass is 9.93. The molecule has 0 aliphatic carbocycles. The summed E-state index contributed by atoms with van der Waals surface area (Å²) in [6.45, 7) is 7.27. The number of hydrogen-bond donors (Lipinski definition) is 4. The van der Waals surface area contributed by atoms with E-state index in [4.69, 9.17) is 9.47 Å². The van der Waals surface area contributed by atoms with Gasteiger partial charge in [0.2, 0.25) is 11.8 Å². The highest BCUT2D eigenvalue weighted by molar-refractivity contribution is 5.94. The molecule has 0 saturated heterocycles. The normalized spacial score (nSPS) is 14.8. The molecule has 10 nitrogen and oxygen atoms in total. The van der Waals surface area contributed by atoms with Gasteiger partial charge in [-0.15, -0.1) is 0 Å². The number of carbonyl (C=O) groups is 4. The average molecular weight is 521 g/mol. The predicted octanol–water partition coefficient (Wildman–Crippen LogP) is 1.92. The first kappa shape index (κ1) is 31.8. The van der Waals surface area contributed by atoms with Crippen molar-refractivity contribution in [3.05, 3.63) is 48.0 Å². The van der Waals surface area contributed by atoms with Crippen LogP contribution in [0.5, 0.6) is 0 Å². The molecule has 0 fully saturated rings. The highest BCUT2D eigenvalue weighted by Crippen LogP contribution is 2.17. The molecule has 2 amide bonds. The zero-order chi connectivity index (χ0) is 27.8. The van der Waals surface area contributed by atoms with E-state index >= 15 is 0 Å². The van der Waals surface area contributed by atoms with Crippen molar-refractivity contribution in [1.82, 2.24) is 10.6 Å². The van der Waals surface area contributed by atoms with Gasteiger partial charge in [0.15, 0.2) is 0 Å². The Morgan fingerprint density at radius 3 is 2.30 bits per heavy atom. The molecule has 0 saturated carbocycles. The van der Waals surface area contributed by atoms with Crippen molar-refractivity contribution in [2.24, 2.45) is 11.3 Å². The molecule has 1 rings (SSSR count). The van der Waals surface area contributed by atoms with Crippen molar-refractivity contribution in [2.45, 2.75) is 65.2 Å². The van der Waals surface area contributed by atoms with Crippen molar-refractivity contribution in [1.29, 1.82) is 0 Å². The largest absolute Gasteiger partial charge is 0.508 e. The Balaban J connectivity index is 2.29. The molecule has 0 heterocycles. The molecule has 0 aliphatic rings. The summed E-state index contributed by atoms with van der Waals surface area (Å²) in [5.74, 6) is -2.55. The molecule has 10 heteroatoms. The van der Waals surface area contributed by atoms with Crippen LogP contribution in [-0.2, 0) is 30.3 Å². The summed E-state index contributed by atoms with van der Waals surface area (Å²) in [6.07, 6.45) is 1.20. The van der Waals surface area contributed by atoms with Crippen LogP contribution >= 0.6 is 0 Å².